The molecule has 0 aliphatic carbocycles. The molecule has 0 bridgehead atoms. The van der Waals surface area contributed by atoms with Gasteiger partial charge in [0.15, 0.2) is 6.04 Å². The molecule has 7 nitrogen and oxygen atoms in total. The molecule has 3 unspecified atom stereocenters. The maximum atomic E-state index is 12.2. The molecule has 21 heavy (non-hydrogen) atoms. The molecular weight excluding hydrogens is 274 g/mol. The van der Waals surface area contributed by atoms with E-state index in [0.29, 0.717) is 25.0 Å². The van der Waals surface area contributed by atoms with E-state index in [1.165, 1.54) is 7.11 Å². The molecule has 120 valence electrons. The van der Waals surface area contributed by atoms with Crippen molar-refractivity contribution < 1.29 is 19.4 Å². The number of piperidine rings is 2. The summed E-state index contributed by atoms with van der Waals surface area (Å²) in [4.78, 5) is 27.4. The predicted molar refractivity (Wildman–Crippen MR) is 77.2 cm³/mol. The second-order valence-corrected chi connectivity index (χ2v) is 5.98. The Balaban J connectivity index is 1.90. The SMILES string of the molecule is COCC(NC(=O)N1CCC2C(CCCN2C)C1)C(=O)O. The van der Waals surface area contributed by atoms with Gasteiger partial charge in [0.25, 0.3) is 0 Å². The Hall–Kier alpha value is -1.34. The lowest BCUT2D eigenvalue weighted by Crippen LogP contribution is -2.57. The van der Waals surface area contributed by atoms with Crippen molar-refractivity contribution in [2.24, 2.45) is 5.92 Å². The number of methoxy groups -OCH3 is 1. The smallest absolute Gasteiger partial charge is 0.328 e. The van der Waals surface area contributed by atoms with Crippen molar-refractivity contribution in [3.63, 3.8) is 0 Å². The molecule has 0 aromatic rings. The van der Waals surface area contributed by atoms with Crippen LogP contribution < -0.4 is 5.32 Å². The highest BCUT2D eigenvalue weighted by atomic mass is 16.5. The molecule has 7 heteroatoms. The molecule has 0 aromatic carbocycles. The van der Waals surface area contributed by atoms with Gasteiger partial charge in [0.1, 0.15) is 0 Å². The van der Waals surface area contributed by atoms with Crippen molar-refractivity contribution in [2.45, 2.75) is 31.3 Å². The molecule has 0 spiro atoms. The van der Waals surface area contributed by atoms with E-state index in [2.05, 4.69) is 17.3 Å². The number of amides is 2. The highest BCUT2D eigenvalue weighted by molar-refractivity contribution is 5.82. The van der Waals surface area contributed by atoms with Gasteiger partial charge < -0.3 is 25.0 Å². The number of carboxylic acid groups (broad SMARTS) is 1. The van der Waals surface area contributed by atoms with Crippen LogP contribution in [0.4, 0.5) is 4.79 Å². The number of urea groups is 1. The first kappa shape index (κ1) is 16.0. The molecule has 2 fully saturated rings. The lowest BCUT2D eigenvalue weighted by atomic mass is 9.84. The number of nitrogens with zero attached hydrogens (tertiary/aromatic N) is 2. The number of carboxylic acids is 1. The Kier molecular flexibility index (Phi) is 5.41. The number of likely N-dealkylation sites (tertiary alicyclic amines) is 2. The maximum Gasteiger partial charge on any atom is 0.328 e. The third-order valence-corrected chi connectivity index (χ3v) is 4.56. The van der Waals surface area contributed by atoms with E-state index in [-0.39, 0.29) is 12.6 Å². The summed E-state index contributed by atoms with van der Waals surface area (Å²) in [5.74, 6) is -0.577. The summed E-state index contributed by atoms with van der Waals surface area (Å²) in [6.07, 6.45) is 3.25. The highest BCUT2D eigenvalue weighted by Crippen LogP contribution is 2.29. The van der Waals surface area contributed by atoms with E-state index >= 15 is 0 Å². The van der Waals surface area contributed by atoms with Crippen LogP contribution in [-0.2, 0) is 9.53 Å². The van der Waals surface area contributed by atoms with E-state index < -0.39 is 12.0 Å². The minimum Gasteiger partial charge on any atom is -0.480 e. The number of ether oxygens (including phenoxy) is 1. The molecular formula is C14H25N3O4. The standard InChI is InChI=1S/C14H25N3O4/c1-16-6-3-4-10-8-17(7-5-12(10)16)14(20)15-11(9-21-2)13(18)19/h10-12H,3-9H2,1-2H3,(H,15,20)(H,18,19). The van der Waals surface area contributed by atoms with E-state index in [4.69, 9.17) is 9.84 Å². The van der Waals surface area contributed by atoms with Crippen molar-refractivity contribution in [1.29, 1.82) is 0 Å². The van der Waals surface area contributed by atoms with Gasteiger partial charge in [0.2, 0.25) is 0 Å². The van der Waals surface area contributed by atoms with Crippen molar-refractivity contribution in [2.75, 3.05) is 40.4 Å². The summed E-state index contributed by atoms with van der Waals surface area (Å²) in [6.45, 7) is 2.49. The number of fused-ring (bicyclic) bond motifs is 1. The molecule has 3 atom stereocenters. The Bertz CT molecular complexity index is 390. The summed E-state index contributed by atoms with van der Waals surface area (Å²) in [7, 11) is 3.57. The fourth-order valence-electron chi connectivity index (χ4n) is 3.42. The number of hydrogen-bond acceptors (Lipinski definition) is 4. The normalized spacial score (nSPS) is 27.8. The lowest BCUT2D eigenvalue weighted by Gasteiger charge is -2.46. The topological polar surface area (TPSA) is 82.1 Å². The summed E-state index contributed by atoms with van der Waals surface area (Å²) >= 11 is 0. The molecule has 2 rings (SSSR count). The minimum atomic E-state index is -1.07. The number of hydrogen-bond donors (Lipinski definition) is 2. The molecule has 0 saturated carbocycles. The van der Waals surface area contributed by atoms with Gasteiger partial charge in [-0.3, -0.25) is 0 Å². The van der Waals surface area contributed by atoms with E-state index in [1.807, 2.05) is 0 Å². The maximum absolute atomic E-state index is 12.2. The Morgan fingerprint density at radius 1 is 1.38 bits per heavy atom. The second kappa shape index (κ2) is 7.09. The van der Waals surface area contributed by atoms with Crippen LogP contribution in [-0.4, -0.2) is 79.4 Å². The number of carbonyl (C=O) groups is 2. The van der Waals surface area contributed by atoms with Crippen molar-refractivity contribution in [3.8, 4) is 0 Å². The molecule has 2 saturated heterocycles. The first-order valence-electron chi connectivity index (χ1n) is 7.50. The van der Waals surface area contributed by atoms with Crippen LogP contribution in [0.1, 0.15) is 19.3 Å². The van der Waals surface area contributed by atoms with E-state index in [1.54, 1.807) is 4.90 Å². The zero-order chi connectivity index (χ0) is 15.4. The van der Waals surface area contributed by atoms with Gasteiger partial charge in [-0.05, 0) is 38.8 Å². The first-order valence-corrected chi connectivity index (χ1v) is 7.50. The third-order valence-electron chi connectivity index (χ3n) is 4.56. The Morgan fingerprint density at radius 3 is 2.81 bits per heavy atom. The molecule has 2 N–H and O–H groups in total. The lowest BCUT2D eigenvalue weighted by molar-refractivity contribution is -0.140. The highest BCUT2D eigenvalue weighted by Gasteiger charge is 2.36. The van der Waals surface area contributed by atoms with Gasteiger partial charge >= 0.3 is 12.0 Å². The quantitative estimate of drug-likeness (QED) is 0.775. The van der Waals surface area contributed by atoms with Crippen LogP contribution >= 0.6 is 0 Å². The Labute approximate surface area is 125 Å². The van der Waals surface area contributed by atoms with Crippen molar-refractivity contribution in [3.05, 3.63) is 0 Å². The van der Waals surface area contributed by atoms with Gasteiger partial charge in [-0.1, -0.05) is 0 Å². The van der Waals surface area contributed by atoms with Gasteiger partial charge in [0.05, 0.1) is 6.61 Å². The molecule has 2 aliphatic heterocycles. The summed E-state index contributed by atoms with van der Waals surface area (Å²) in [5.41, 5.74) is 0. The van der Waals surface area contributed by atoms with E-state index in [9.17, 15) is 9.59 Å². The fraction of sp³-hybridized carbons (Fsp3) is 0.857. The van der Waals surface area contributed by atoms with E-state index in [0.717, 1.165) is 25.8 Å². The minimum absolute atomic E-state index is 0.0241. The average molecular weight is 299 g/mol. The molecule has 2 amide bonds. The third kappa shape index (κ3) is 3.85. The number of carbonyl (C=O) groups excluding carboxylic acids is 1. The van der Waals surface area contributed by atoms with Crippen LogP contribution in [0, 0.1) is 5.92 Å². The first-order chi connectivity index (χ1) is 10.0. The number of rotatable bonds is 4. The van der Waals surface area contributed by atoms with Crippen LogP contribution in [0.5, 0.6) is 0 Å². The van der Waals surface area contributed by atoms with Gasteiger partial charge in [0, 0.05) is 26.2 Å². The summed E-state index contributed by atoms with van der Waals surface area (Å²) in [5, 5.41) is 11.6. The van der Waals surface area contributed by atoms with Crippen molar-refractivity contribution >= 4 is 12.0 Å². The zero-order valence-electron chi connectivity index (χ0n) is 12.7. The largest absolute Gasteiger partial charge is 0.480 e. The number of nitrogens with one attached hydrogen (secondary N) is 1. The van der Waals surface area contributed by atoms with Gasteiger partial charge in [-0.15, -0.1) is 0 Å². The monoisotopic (exact) mass is 299 g/mol. The van der Waals surface area contributed by atoms with Crippen LogP contribution in [0.2, 0.25) is 0 Å². The fourth-order valence-corrected chi connectivity index (χ4v) is 3.42. The van der Waals surface area contributed by atoms with Gasteiger partial charge in [-0.25, -0.2) is 9.59 Å². The van der Waals surface area contributed by atoms with Crippen LogP contribution in [0.25, 0.3) is 0 Å². The zero-order valence-corrected chi connectivity index (χ0v) is 12.7. The summed E-state index contributed by atoms with van der Waals surface area (Å²) < 4.78 is 4.83. The number of aliphatic carboxylic acids is 1. The molecule has 2 heterocycles. The van der Waals surface area contributed by atoms with Crippen molar-refractivity contribution in [1.82, 2.24) is 15.1 Å². The molecule has 0 radical (unpaired) electrons. The predicted octanol–water partition coefficient (Wildman–Crippen LogP) is 0.212. The van der Waals surface area contributed by atoms with Gasteiger partial charge in [-0.2, -0.15) is 0 Å². The summed E-state index contributed by atoms with van der Waals surface area (Å²) in [6, 6.07) is -0.738. The second-order valence-electron chi connectivity index (χ2n) is 5.98. The molecule has 2 aliphatic rings. The Morgan fingerprint density at radius 2 is 2.14 bits per heavy atom. The van der Waals surface area contributed by atoms with Crippen LogP contribution in [0.3, 0.4) is 0 Å². The van der Waals surface area contributed by atoms with Crippen LogP contribution in [0.15, 0.2) is 0 Å². The average Bonchev–Trinajstić information content (AvgIpc) is 2.46. The molecule has 0 aromatic heterocycles.